The average Bonchev–Trinajstić information content (AvgIpc) is 2.94. The number of hydrogen-bond donors (Lipinski definition) is 1. The van der Waals surface area contributed by atoms with Crippen LogP contribution in [0.15, 0.2) is 76.6 Å². The van der Waals surface area contributed by atoms with Crippen molar-refractivity contribution in [2.75, 3.05) is 18.5 Å². The van der Waals surface area contributed by atoms with Crippen molar-refractivity contribution in [3.8, 4) is 11.5 Å². The van der Waals surface area contributed by atoms with E-state index in [1.807, 2.05) is 43.3 Å². The highest BCUT2D eigenvalue weighted by Crippen LogP contribution is 2.35. The van der Waals surface area contributed by atoms with Gasteiger partial charge in [-0.15, -0.1) is 0 Å². The van der Waals surface area contributed by atoms with Crippen molar-refractivity contribution in [2.45, 2.75) is 79.7 Å². The van der Waals surface area contributed by atoms with Gasteiger partial charge < -0.3 is 19.4 Å². The quantitative estimate of drug-likeness (QED) is 0.154. The summed E-state index contributed by atoms with van der Waals surface area (Å²) in [5.41, 5.74) is 4.19. The lowest BCUT2D eigenvalue weighted by Gasteiger charge is -2.18. The summed E-state index contributed by atoms with van der Waals surface area (Å²) in [6.45, 7) is 11.7. The van der Waals surface area contributed by atoms with Gasteiger partial charge in [0.1, 0.15) is 6.61 Å². The van der Waals surface area contributed by atoms with Gasteiger partial charge >= 0.3 is 0 Å². The van der Waals surface area contributed by atoms with E-state index in [1.54, 1.807) is 16.7 Å². The summed E-state index contributed by atoms with van der Waals surface area (Å²) in [6.07, 6.45) is 10.4. The summed E-state index contributed by atoms with van der Waals surface area (Å²) in [4.78, 5) is 26.4. The SMILES string of the molecule is CCCCCCOc1c(OC/C=C(\C)CCC=C(C)C)c2ccc(NC(=O)c3ccccc3)cc2n(CC)c1=O. The number of aryl methyl sites for hydroxylation is 1. The average molecular weight is 545 g/mol. The number of carbonyl (C=O) groups excluding carboxylic acids is 1. The van der Waals surface area contributed by atoms with Crippen LogP contribution in [0.25, 0.3) is 10.9 Å². The van der Waals surface area contributed by atoms with Gasteiger partial charge in [0.25, 0.3) is 11.5 Å². The van der Waals surface area contributed by atoms with Crippen molar-refractivity contribution >= 4 is 22.5 Å². The Balaban J connectivity index is 1.95. The van der Waals surface area contributed by atoms with E-state index in [9.17, 15) is 9.59 Å². The van der Waals surface area contributed by atoms with Gasteiger partial charge in [0.05, 0.1) is 12.1 Å². The first kappa shape index (κ1) is 30.7. The van der Waals surface area contributed by atoms with Gasteiger partial charge in [-0.2, -0.15) is 0 Å². The normalized spacial score (nSPS) is 11.4. The number of nitrogens with one attached hydrogen (secondary N) is 1. The van der Waals surface area contributed by atoms with Crippen molar-refractivity contribution < 1.29 is 14.3 Å². The van der Waals surface area contributed by atoms with E-state index >= 15 is 0 Å². The number of anilines is 1. The van der Waals surface area contributed by atoms with Crippen molar-refractivity contribution in [3.63, 3.8) is 0 Å². The summed E-state index contributed by atoms with van der Waals surface area (Å²) in [6, 6.07) is 14.6. The molecule has 0 unspecified atom stereocenters. The van der Waals surface area contributed by atoms with Crippen LogP contribution >= 0.6 is 0 Å². The Hall–Kier alpha value is -3.80. The molecule has 0 aliphatic rings. The van der Waals surface area contributed by atoms with E-state index in [0.717, 1.165) is 43.9 Å². The van der Waals surface area contributed by atoms with Crippen molar-refractivity contribution in [1.82, 2.24) is 4.57 Å². The largest absolute Gasteiger partial charge is 0.485 e. The third-order valence-electron chi connectivity index (χ3n) is 6.78. The maximum Gasteiger partial charge on any atom is 0.297 e. The third kappa shape index (κ3) is 8.60. The number of hydrogen-bond acceptors (Lipinski definition) is 4. The molecule has 6 heteroatoms. The first-order valence-corrected chi connectivity index (χ1v) is 14.5. The lowest BCUT2D eigenvalue weighted by molar-refractivity contribution is 0.102. The second-order valence-corrected chi connectivity index (χ2v) is 10.4. The fourth-order valence-corrected chi connectivity index (χ4v) is 4.51. The van der Waals surface area contributed by atoms with Crippen molar-refractivity contribution in [1.29, 1.82) is 0 Å². The van der Waals surface area contributed by atoms with Crippen LogP contribution in [0, 0.1) is 0 Å². The van der Waals surface area contributed by atoms with Crippen LogP contribution in [0.4, 0.5) is 5.69 Å². The van der Waals surface area contributed by atoms with E-state index < -0.39 is 0 Å². The fraction of sp³-hybridized carbons (Fsp3) is 0.412. The van der Waals surface area contributed by atoms with E-state index in [-0.39, 0.29) is 17.2 Å². The van der Waals surface area contributed by atoms with Gasteiger partial charge in [0.15, 0.2) is 5.75 Å². The summed E-state index contributed by atoms with van der Waals surface area (Å²) in [5, 5.41) is 3.73. The van der Waals surface area contributed by atoms with E-state index in [2.05, 4.69) is 45.2 Å². The highest BCUT2D eigenvalue weighted by atomic mass is 16.5. The molecule has 0 saturated heterocycles. The summed E-state index contributed by atoms with van der Waals surface area (Å²) in [7, 11) is 0. The smallest absolute Gasteiger partial charge is 0.297 e. The number of benzene rings is 2. The molecule has 1 N–H and O–H groups in total. The van der Waals surface area contributed by atoms with E-state index in [4.69, 9.17) is 9.47 Å². The first-order chi connectivity index (χ1) is 19.3. The predicted octanol–water partition coefficient (Wildman–Crippen LogP) is 8.30. The highest BCUT2D eigenvalue weighted by Gasteiger charge is 2.20. The summed E-state index contributed by atoms with van der Waals surface area (Å²) < 4.78 is 14.1. The van der Waals surface area contributed by atoms with Crippen LogP contribution in [-0.4, -0.2) is 23.7 Å². The molecule has 2 aromatic carbocycles. The molecule has 0 aliphatic carbocycles. The maximum atomic E-state index is 13.7. The maximum absolute atomic E-state index is 13.7. The number of pyridine rings is 1. The number of rotatable bonds is 15. The standard InChI is InChI=1S/C34H44N2O4/c1-6-8-9-13-22-39-32-31(40-23-21-26(5)16-14-15-25(3)4)29-20-19-28(24-30(29)36(7-2)34(32)38)35-33(37)27-17-11-10-12-18-27/h10-12,15,17-21,24H,6-9,13-14,16,22-23H2,1-5H3,(H,35,37)/b26-21+. The van der Waals surface area contributed by atoms with Gasteiger partial charge in [-0.3, -0.25) is 9.59 Å². The minimum atomic E-state index is -0.226. The molecule has 1 amide bonds. The zero-order valence-electron chi connectivity index (χ0n) is 24.7. The molecule has 0 fully saturated rings. The number of unbranched alkanes of at least 4 members (excludes halogenated alkanes) is 3. The van der Waals surface area contributed by atoms with Gasteiger partial charge in [-0.1, -0.05) is 61.6 Å². The Kier molecular flexibility index (Phi) is 12.1. The third-order valence-corrected chi connectivity index (χ3v) is 6.78. The van der Waals surface area contributed by atoms with Gasteiger partial charge in [-0.05, 0) is 83.4 Å². The van der Waals surface area contributed by atoms with Crippen LogP contribution in [0.3, 0.4) is 0 Å². The topological polar surface area (TPSA) is 69.6 Å². The van der Waals surface area contributed by atoms with Crippen LogP contribution in [-0.2, 0) is 6.54 Å². The van der Waals surface area contributed by atoms with Crippen LogP contribution < -0.4 is 20.3 Å². The molecule has 40 heavy (non-hydrogen) atoms. The second-order valence-electron chi connectivity index (χ2n) is 10.4. The molecule has 0 atom stereocenters. The number of carbonyl (C=O) groups is 1. The summed E-state index contributed by atoms with van der Waals surface area (Å²) >= 11 is 0. The number of nitrogens with zero attached hydrogens (tertiary/aromatic N) is 1. The monoisotopic (exact) mass is 544 g/mol. The van der Waals surface area contributed by atoms with Crippen molar-refractivity contribution in [3.05, 3.63) is 87.7 Å². The second kappa shape index (κ2) is 15.7. The summed E-state index contributed by atoms with van der Waals surface area (Å²) in [5.74, 6) is 0.500. The molecule has 6 nitrogen and oxygen atoms in total. The van der Waals surface area contributed by atoms with Crippen LogP contribution in [0.2, 0.25) is 0 Å². The van der Waals surface area contributed by atoms with Crippen LogP contribution in [0.5, 0.6) is 11.5 Å². The lowest BCUT2D eigenvalue weighted by Crippen LogP contribution is -2.23. The molecule has 3 aromatic rings. The molecular weight excluding hydrogens is 500 g/mol. The molecule has 3 rings (SSSR count). The minimum Gasteiger partial charge on any atom is -0.485 e. The predicted molar refractivity (Wildman–Crippen MR) is 166 cm³/mol. The minimum absolute atomic E-state index is 0.206. The molecule has 0 radical (unpaired) electrons. The molecule has 0 spiro atoms. The van der Waals surface area contributed by atoms with Crippen molar-refractivity contribution in [2.24, 2.45) is 0 Å². The number of ether oxygens (including phenoxy) is 2. The van der Waals surface area contributed by atoms with Gasteiger partial charge in [0, 0.05) is 23.2 Å². The number of aromatic nitrogens is 1. The van der Waals surface area contributed by atoms with Gasteiger partial charge in [0.2, 0.25) is 5.75 Å². The first-order valence-electron chi connectivity index (χ1n) is 14.5. The fourth-order valence-electron chi connectivity index (χ4n) is 4.51. The number of amides is 1. The Morgan fingerprint density at radius 1 is 0.925 bits per heavy atom. The Bertz CT molecular complexity index is 1380. The highest BCUT2D eigenvalue weighted by molar-refractivity contribution is 6.05. The molecule has 0 saturated carbocycles. The van der Waals surface area contributed by atoms with Gasteiger partial charge in [-0.25, -0.2) is 0 Å². The molecule has 0 aliphatic heterocycles. The lowest BCUT2D eigenvalue weighted by atomic mass is 10.1. The molecule has 1 heterocycles. The Morgan fingerprint density at radius 3 is 2.40 bits per heavy atom. The zero-order valence-corrected chi connectivity index (χ0v) is 24.7. The molecule has 0 bridgehead atoms. The van der Waals surface area contributed by atoms with E-state index in [1.165, 1.54) is 11.1 Å². The number of fused-ring (bicyclic) bond motifs is 1. The molecule has 214 valence electrons. The van der Waals surface area contributed by atoms with E-state index in [0.29, 0.717) is 42.3 Å². The Labute approximate surface area is 238 Å². The Morgan fingerprint density at radius 2 is 1.70 bits per heavy atom. The number of allylic oxidation sites excluding steroid dienone is 3. The van der Waals surface area contributed by atoms with Crippen LogP contribution in [0.1, 0.15) is 83.5 Å². The molecule has 1 aromatic heterocycles. The zero-order chi connectivity index (χ0) is 28.9. The molecular formula is C34H44N2O4.